The molecule has 0 aromatic carbocycles. The van der Waals surface area contributed by atoms with E-state index in [1.807, 2.05) is 9.80 Å². The molecule has 3 amide bonds. The first-order valence-electron chi connectivity index (χ1n) is 7.29. The Morgan fingerprint density at radius 1 is 1.32 bits per heavy atom. The molecule has 0 radical (unpaired) electrons. The molecular weight excluding hydrogens is 244 g/mol. The van der Waals surface area contributed by atoms with Crippen LogP contribution < -0.4 is 10.6 Å². The fourth-order valence-corrected chi connectivity index (χ4v) is 3.27. The highest BCUT2D eigenvalue weighted by molar-refractivity contribution is 5.79. The normalized spacial score (nSPS) is 31.1. The van der Waals surface area contributed by atoms with Gasteiger partial charge in [-0.25, -0.2) is 4.79 Å². The summed E-state index contributed by atoms with van der Waals surface area (Å²) in [5, 5.41) is 6.26. The topological polar surface area (TPSA) is 64.7 Å². The molecule has 0 aliphatic carbocycles. The largest absolute Gasteiger partial charge is 0.339 e. The Kier molecular flexibility index (Phi) is 3.59. The zero-order chi connectivity index (χ0) is 13.2. The number of hydrogen-bond acceptors (Lipinski definition) is 3. The number of carbonyl (C=O) groups is 2. The van der Waals surface area contributed by atoms with Crippen molar-refractivity contribution in [3.8, 4) is 0 Å². The molecule has 0 spiro atoms. The number of hydrogen-bond donors (Lipinski definition) is 2. The lowest BCUT2D eigenvalue weighted by molar-refractivity contribution is -0.134. The lowest BCUT2D eigenvalue weighted by atomic mass is 10.0. The van der Waals surface area contributed by atoms with Gasteiger partial charge < -0.3 is 20.4 Å². The predicted octanol–water partition coefficient (Wildman–Crippen LogP) is -0.245. The molecule has 2 unspecified atom stereocenters. The molecule has 19 heavy (non-hydrogen) atoms. The minimum Gasteiger partial charge on any atom is -0.339 e. The van der Waals surface area contributed by atoms with E-state index in [0.717, 1.165) is 13.0 Å². The van der Waals surface area contributed by atoms with Gasteiger partial charge in [0, 0.05) is 38.6 Å². The second-order valence-electron chi connectivity index (χ2n) is 5.72. The number of carbonyl (C=O) groups excluding carboxylic acids is 2. The van der Waals surface area contributed by atoms with Crippen LogP contribution in [0.4, 0.5) is 4.79 Å². The molecule has 0 aromatic rings. The summed E-state index contributed by atoms with van der Waals surface area (Å²) in [5.41, 5.74) is 0. The van der Waals surface area contributed by atoms with Crippen LogP contribution in [0.1, 0.15) is 25.7 Å². The number of urea groups is 1. The van der Waals surface area contributed by atoms with E-state index in [4.69, 9.17) is 0 Å². The lowest BCUT2D eigenvalue weighted by Gasteiger charge is -2.37. The SMILES string of the molecule is O=C(CC1CCCCN1)N1CCN2C(=O)NCC2C1. The minimum absolute atomic E-state index is 0.0195. The van der Waals surface area contributed by atoms with Crippen LogP contribution in [0, 0.1) is 0 Å². The first-order chi connectivity index (χ1) is 9.24. The van der Waals surface area contributed by atoms with Gasteiger partial charge in [-0.05, 0) is 19.4 Å². The molecule has 106 valence electrons. The second-order valence-corrected chi connectivity index (χ2v) is 5.72. The molecule has 0 bridgehead atoms. The van der Waals surface area contributed by atoms with E-state index < -0.39 is 0 Å². The van der Waals surface area contributed by atoms with Gasteiger partial charge in [0.2, 0.25) is 5.91 Å². The van der Waals surface area contributed by atoms with Crippen molar-refractivity contribution in [3.05, 3.63) is 0 Å². The van der Waals surface area contributed by atoms with Gasteiger partial charge in [-0.1, -0.05) is 6.42 Å². The van der Waals surface area contributed by atoms with Gasteiger partial charge in [0.25, 0.3) is 0 Å². The van der Waals surface area contributed by atoms with Gasteiger partial charge >= 0.3 is 6.03 Å². The number of fused-ring (bicyclic) bond motifs is 1. The van der Waals surface area contributed by atoms with Crippen molar-refractivity contribution in [2.45, 2.75) is 37.8 Å². The van der Waals surface area contributed by atoms with Crippen LogP contribution in [0.15, 0.2) is 0 Å². The summed E-state index contributed by atoms with van der Waals surface area (Å²) in [6, 6.07) is 0.540. The van der Waals surface area contributed by atoms with E-state index in [-0.39, 0.29) is 18.0 Å². The number of amides is 3. The zero-order valence-electron chi connectivity index (χ0n) is 11.2. The highest BCUT2D eigenvalue weighted by Crippen LogP contribution is 2.17. The third-order valence-corrected chi connectivity index (χ3v) is 4.42. The average Bonchev–Trinajstić information content (AvgIpc) is 2.81. The summed E-state index contributed by atoms with van der Waals surface area (Å²) in [7, 11) is 0. The van der Waals surface area contributed by atoms with E-state index in [2.05, 4.69) is 10.6 Å². The van der Waals surface area contributed by atoms with Crippen LogP contribution in [0.2, 0.25) is 0 Å². The van der Waals surface area contributed by atoms with Crippen molar-refractivity contribution in [2.24, 2.45) is 0 Å². The Balaban J connectivity index is 1.52. The molecular formula is C13H22N4O2. The van der Waals surface area contributed by atoms with E-state index in [9.17, 15) is 9.59 Å². The molecule has 2 atom stereocenters. The van der Waals surface area contributed by atoms with Crippen molar-refractivity contribution in [2.75, 3.05) is 32.7 Å². The van der Waals surface area contributed by atoms with E-state index >= 15 is 0 Å². The predicted molar refractivity (Wildman–Crippen MR) is 70.7 cm³/mol. The summed E-state index contributed by atoms with van der Waals surface area (Å²) >= 11 is 0. The third kappa shape index (κ3) is 2.68. The molecule has 3 saturated heterocycles. The molecule has 3 aliphatic rings. The maximum atomic E-state index is 12.3. The van der Waals surface area contributed by atoms with Crippen molar-refractivity contribution in [3.63, 3.8) is 0 Å². The Hall–Kier alpha value is -1.30. The Morgan fingerprint density at radius 2 is 2.21 bits per heavy atom. The number of nitrogens with one attached hydrogen (secondary N) is 2. The fraction of sp³-hybridized carbons (Fsp3) is 0.846. The van der Waals surface area contributed by atoms with E-state index in [1.165, 1.54) is 12.8 Å². The molecule has 3 rings (SSSR count). The summed E-state index contributed by atoms with van der Waals surface area (Å²) in [6.07, 6.45) is 4.16. The average molecular weight is 266 g/mol. The number of piperazine rings is 1. The molecule has 0 saturated carbocycles. The van der Waals surface area contributed by atoms with Crippen molar-refractivity contribution < 1.29 is 9.59 Å². The van der Waals surface area contributed by atoms with Crippen LogP contribution in [-0.4, -0.2) is 66.5 Å². The van der Waals surface area contributed by atoms with Gasteiger partial charge in [-0.15, -0.1) is 0 Å². The Labute approximate surface area is 113 Å². The highest BCUT2D eigenvalue weighted by atomic mass is 16.2. The molecule has 3 heterocycles. The van der Waals surface area contributed by atoms with Crippen LogP contribution in [0.25, 0.3) is 0 Å². The fourth-order valence-electron chi connectivity index (χ4n) is 3.27. The zero-order valence-corrected chi connectivity index (χ0v) is 11.2. The van der Waals surface area contributed by atoms with Gasteiger partial charge in [0.05, 0.1) is 6.04 Å². The summed E-state index contributed by atoms with van der Waals surface area (Å²) in [4.78, 5) is 27.6. The van der Waals surface area contributed by atoms with Gasteiger partial charge in [0.1, 0.15) is 0 Å². The standard InChI is InChI=1S/C13H22N4O2/c18-12(7-10-3-1-2-4-14-10)16-5-6-17-11(9-16)8-15-13(17)19/h10-11,14H,1-9H2,(H,15,19). The van der Waals surface area contributed by atoms with Crippen LogP contribution in [-0.2, 0) is 4.79 Å². The monoisotopic (exact) mass is 266 g/mol. The lowest BCUT2D eigenvalue weighted by Crippen LogP contribution is -2.54. The number of nitrogens with zero attached hydrogens (tertiary/aromatic N) is 2. The number of piperidine rings is 1. The highest BCUT2D eigenvalue weighted by Gasteiger charge is 2.37. The molecule has 3 aliphatic heterocycles. The molecule has 0 aromatic heterocycles. The molecule has 2 N–H and O–H groups in total. The van der Waals surface area contributed by atoms with Gasteiger partial charge in [0.15, 0.2) is 0 Å². The van der Waals surface area contributed by atoms with Crippen LogP contribution >= 0.6 is 0 Å². The third-order valence-electron chi connectivity index (χ3n) is 4.42. The van der Waals surface area contributed by atoms with Crippen molar-refractivity contribution in [1.29, 1.82) is 0 Å². The minimum atomic E-state index is 0.0195. The molecule has 3 fully saturated rings. The first kappa shape index (κ1) is 12.7. The molecule has 6 nitrogen and oxygen atoms in total. The van der Waals surface area contributed by atoms with E-state index in [0.29, 0.717) is 38.6 Å². The number of rotatable bonds is 2. The smallest absolute Gasteiger partial charge is 0.317 e. The quantitative estimate of drug-likeness (QED) is 0.725. The summed E-state index contributed by atoms with van der Waals surface area (Å²) < 4.78 is 0. The summed E-state index contributed by atoms with van der Waals surface area (Å²) in [6.45, 7) is 3.73. The van der Waals surface area contributed by atoms with Crippen LogP contribution in [0.5, 0.6) is 0 Å². The van der Waals surface area contributed by atoms with Gasteiger partial charge in [-0.2, -0.15) is 0 Å². The van der Waals surface area contributed by atoms with E-state index in [1.54, 1.807) is 0 Å². The van der Waals surface area contributed by atoms with Crippen molar-refractivity contribution in [1.82, 2.24) is 20.4 Å². The van der Waals surface area contributed by atoms with Crippen molar-refractivity contribution >= 4 is 11.9 Å². The Morgan fingerprint density at radius 3 is 3.00 bits per heavy atom. The maximum absolute atomic E-state index is 12.3. The van der Waals surface area contributed by atoms with Crippen LogP contribution in [0.3, 0.4) is 0 Å². The first-order valence-corrected chi connectivity index (χ1v) is 7.29. The van der Waals surface area contributed by atoms with Gasteiger partial charge in [-0.3, -0.25) is 4.79 Å². The molecule has 6 heteroatoms. The summed E-state index contributed by atoms with van der Waals surface area (Å²) in [5.74, 6) is 0.235. The Bertz CT molecular complexity index is 368. The maximum Gasteiger partial charge on any atom is 0.317 e. The second kappa shape index (κ2) is 5.36.